The number of methoxy groups -OCH3 is 1. The van der Waals surface area contributed by atoms with Gasteiger partial charge in [-0.25, -0.2) is 0 Å². The third-order valence-electron chi connectivity index (χ3n) is 7.65. The first-order valence-corrected chi connectivity index (χ1v) is 13.8. The highest BCUT2D eigenvalue weighted by molar-refractivity contribution is 5.97. The van der Waals surface area contributed by atoms with Gasteiger partial charge in [0, 0.05) is 58.5 Å². The van der Waals surface area contributed by atoms with E-state index < -0.39 is 0 Å². The molecule has 9 nitrogen and oxygen atoms in total. The van der Waals surface area contributed by atoms with Gasteiger partial charge in [-0.1, -0.05) is 13.0 Å². The fraction of sp³-hybridized carbons (Fsp3) is 0.714. The average Bonchev–Trinajstić information content (AvgIpc) is 2.93. The minimum absolute atomic E-state index is 0.0120. The van der Waals surface area contributed by atoms with Gasteiger partial charge >= 0.3 is 0 Å². The molecule has 3 heterocycles. The molecule has 4 rings (SSSR count). The molecule has 9 heteroatoms. The summed E-state index contributed by atoms with van der Waals surface area (Å²) in [6.45, 7) is 6.93. The molecule has 1 aromatic carbocycles. The maximum Gasteiger partial charge on any atom is 0.265 e. The van der Waals surface area contributed by atoms with Gasteiger partial charge < -0.3 is 34.5 Å². The lowest BCUT2D eigenvalue weighted by molar-refractivity contribution is -0.125. The van der Waals surface area contributed by atoms with Crippen molar-refractivity contribution in [1.29, 1.82) is 0 Å². The molecule has 2 fully saturated rings. The van der Waals surface area contributed by atoms with Crippen LogP contribution in [0.15, 0.2) is 18.2 Å². The Bertz CT molecular complexity index is 883. The zero-order chi connectivity index (χ0) is 26.0. The molecule has 2 N–H and O–H groups in total. The zero-order valence-electron chi connectivity index (χ0n) is 22.3. The van der Waals surface area contributed by atoms with Crippen LogP contribution in [0.25, 0.3) is 0 Å². The van der Waals surface area contributed by atoms with Crippen LogP contribution in [0.1, 0.15) is 51.0 Å². The summed E-state index contributed by atoms with van der Waals surface area (Å²) in [6.07, 6.45) is 5.75. The molecular formula is C28H43N3O6. The molecule has 0 aliphatic carbocycles. The Morgan fingerprint density at radius 3 is 2.84 bits per heavy atom. The van der Waals surface area contributed by atoms with Gasteiger partial charge in [0.1, 0.15) is 5.75 Å². The lowest BCUT2D eigenvalue weighted by Crippen LogP contribution is -2.45. The average molecular weight is 518 g/mol. The standard InChI is InChI=1S/C28H43N3O6/c1-20(28(33)30-16-21-8-12-35-13-9-21)14-23-5-6-24(17-29-23)36-18-22-4-7-26-25(15-22)31(10-3-11-34-2)27(32)19-37-26/h4,7,15,20-21,23-24,29H,3,5-6,8-14,16-19H2,1-2H3,(H,30,33)/t20-,23-,24+/m0/s1. The number of hydrogen-bond acceptors (Lipinski definition) is 7. The van der Waals surface area contributed by atoms with Crippen LogP contribution in [0.2, 0.25) is 0 Å². The van der Waals surface area contributed by atoms with Gasteiger partial charge in [-0.15, -0.1) is 0 Å². The minimum atomic E-state index is -0.0318. The van der Waals surface area contributed by atoms with Crippen molar-refractivity contribution in [3.63, 3.8) is 0 Å². The fourth-order valence-electron chi connectivity index (χ4n) is 5.30. The normalized spacial score (nSPS) is 23.3. The van der Waals surface area contributed by atoms with E-state index in [9.17, 15) is 9.59 Å². The first-order chi connectivity index (χ1) is 18.0. The van der Waals surface area contributed by atoms with E-state index in [0.717, 1.165) is 81.8 Å². The van der Waals surface area contributed by atoms with Crippen LogP contribution < -0.4 is 20.3 Å². The molecular weight excluding hydrogens is 474 g/mol. The first kappa shape index (κ1) is 27.8. The maximum atomic E-state index is 12.6. The summed E-state index contributed by atoms with van der Waals surface area (Å²) >= 11 is 0. The number of anilines is 1. The van der Waals surface area contributed by atoms with Gasteiger partial charge in [0.05, 0.1) is 18.4 Å². The number of hydrogen-bond donors (Lipinski definition) is 2. The van der Waals surface area contributed by atoms with Crippen LogP contribution in [-0.4, -0.2) is 77.1 Å². The number of fused-ring (bicyclic) bond motifs is 1. The highest BCUT2D eigenvalue weighted by Crippen LogP contribution is 2.33. The number of ether oxygens (including phenoxy) is 4. The molecule has 2 saturated heterocycles. The molecule has 1 aromatic rings. The van der Waals surface area contributed by atoms with E-state index in [1.807, 2.05) is 25.1 Å². The number of benzene rings is 1. The molecule has 0 bridgehead atoms. The van der Waals surface area contributed by atoms with Crippen molar-refractivity contribution < 1.29 is 28.5 Å². The van der Waals surface area contributed by atoms with Crippen molar-refractivity contribution in [2.45, 2.75) is 64.2 Å². The number of amides is 2. The van der Waals surface area contributed by atoms with Gasteiger partial charge in [0.25, 0.3) is 5.91 Å². The predicted octanol–water partition coefficient (Wildman–Crippen LogP) is 2.65. The van der Waals surface area contributed by atoms with E-state index >= 15 is 0 Å². The molecule has 2 amide bonds. The largest absolute Gasteiger partial charge is 0.482 e. The SMILES string of the molecule is COCCCN1C(=O)COc2ccc(CO[C@@H]3CC[C@@H](C[C@H](C)C(=O)NCC4CCOCC4)NC3)cc21. The van der Waals surface area contributed by atoms with Crippen LogP contribution in [0, 0.1) is 11.8 Å². The van der Waals surface area contributed by atoms with Gasteiger partial charge in [-0.05, 0) is 62.1 Å². The number of carbonyl (C=O) groups excluding carboxylic acids is 2. The third kappa shape index (κ3) is 8.14. The molecule has 0 aromatic heterocycles. The Kier molecular flexibility index (Phi) is 10.6. The second-order valence-electron chi connectivity index (χ2n) is 10.5. The van der Waals surface area contributed by atoms with E-state index in [4.69, 9.17) is 18.9 Å². The summed E-state index contributed by atoms with van der Waals surface area (Å²) in [4.78, 5) is 26.8. The van der Waals surface area contributed by atoms with Crippen molar-refractivity contribution in [2.75, 3.05) is 58.1 Å². The lowest BCUT2D eigenvalue weighted by Gasteiger charge is -2.32. The third-order valence-corrected chi connectivity index (χ3v) is 7.65. The molecule has 0 spiro atoms. The second kappa shape index (κ2) is 14.1. The van der Waals surface area contributed by atoms with E-state index in [1.54, 1.807) is 12.0 Å². The Labute approximate surface area is 220 Å². The van der Waals surface area contributed by atoms with Crippen LogP contribution in [0.3, 0.4) is 0 Å². The Morgan fingerprint density at radius 2 is 2.08 bits per heavy atom. The predicted molar refractivity (Wildman–Crippen MR) is 141 cm³/mol. The van der Waals surface area contributed by atoms with E-state index in [2.05, 4.69) is 10.6 Å². The van der Waals surface area contributed by atoms with Crippen LogP contribution >= 0.6 is 0 Å². The maximum absolute atomic E-state index is 12.6. The van der Waals surface area contributed by atoms with E-state index in [1.165, 1.54) is 0 Å². The summed E-state index contributed by atoms with van der Waals surface area (Å²) in [5, 5.41) is 6.73. The van der Waals surface area contributed by atoms with Crippen molar-refractivity contribution >= 4 is 17.5 Å². The summed E-state index contributed by atoms with van der Waals surface area (Å²) in [5.41, 5.74) is 1.82. The summed E-state index contributed by atoms with van der Waals surface area (Å²) < 4.78 is 22.4. The highest BCUT2D eigenvalue weighted by Gasteiger charge is 2.27. The summed E-state index contributed by atoms with van der Waals surface area (Å²) in [5.74, 6) is 1.38. The molecule has 37 heavy (non-hydrogen) atoms. The van der Waals surface area contributed by atoms with Crippen molar-refractivity contribution in [3.8, 4) is 5.75 Å². The molecule has 3 aliphatic heterocycles. The van der Waals surface area contributed by atoms with E-state index in [-0.39, 0.29) is 30.4 Å². The van der Waals surface area contributed by atoms with Gasteiger partial charge in [-0.2, -0.15) is 0 Å². The van der Waals surface area contributed by atoms with Gasteiger partial charge in [0.15, 0.2) is 6.61 Å². The van der Waals surface area contributed by atoms with Crippen molar-refractivity contribution in [1.82, 2.24) is 10.6 Å². The smallest absolute Gasteiger partial charge is 0.265 e. The molecule has 0 unspecified atom stereocenters. The second-order valence-corrected chi connectivity index (χ2v) is 10.5. The monoisotopic (exact) mass is 517 g/mol. The number of nitrogens with zero attached hydrogens (tertiary/aromatic N) is 1. The first-order valence-electron chi connectivity index (χ1n) is 13.8. The summed E-state index contributed by atoms with van der Waals surface area (Å²) in [7, 11) is 1.67. The zero-order valence-corrected chi connectivity index (χ0v) is 22.3. The van der Waals surface area contributed by atoms with Crippen LogP contribution in [-0.2, 0) is 30.4 Å². The Morgan fingerprint density at radius 1 is 1.24 bits per heavy atom. The van der Waals surface area contributed by atoms with Gasteiger partial charge in [0.2, 0.25) is 5.91 Å². The fourth-order valence-corrected chi connectivity index (χ4v) is 5.30. The van der Waals surface area contributed by atoms with Crippen molar-refractivity contribution in [2.24, 2.45) is 11.8 Å². The van der Waals surface area contributed by atoms with Gasteiger partial charge in [-0.3, -0.25) is 9.59 Å². The molecule has 0 radical (unpaired) electrons. The molecule has 3 atom stereocenters. The molecule has 3 aliphatic rings. The number of nitrogens with one attached hydrogen (secondary N) is 2. The topological polar surface area (TPSA) is 98.4 Å². The lowest BCUT2D eigenvalue weighted by atomic mass is 9.93. The number of rotatable bonds is 12. The molecule has 0 saturated carbocycles. The van der Waals surface area contributed by atoms with E-state index in [0.29, 0.717) is 31.7 Å². The minimum Gasteiger partial charge on any atom is -0.482 e. The molecule has 206 valence electrons. The Balaban J connectivity index is 1.18. The number of piperidine rings is 1. The quantitative estimate of drug-likeness (QED) is 0.412. The highest BCUT2D eigenvalue weighted by atomic mass is 16.5. The number of carbonyl (C=O) groups is 2. The van der Waals surface area contributed by atoms with Crippen molar-refractivity contribution in [3.05, 3.63) is 23.8 Å². The Hall–Kier alpha value is -2.20. The van der Waals surface area contributed by atoms with Crippen LogP contribution in [0.5, 0.6) is 5.75 Å². The van der Waals surface area contributed by atoms with Crippen LogP contribution in [0.4, 0.5) is 5.69 Å². The summed E-state index contributed by atoms with van der Waals surface area (Å²) in [6, 6.07) is 6.25.